The first-order valence-corrected chi connectivity index (χ1v) is 8.88. The maximum atomic E-state index is 12.7. The Morgan fingerprint density at radius 2 is 1.83 bits per heavy atom. The molecule has 23 heavy (non-hydrogen) atoms. The molecule has 1 saturated heterocycles. The van der Waals surface area contributed by atoms with E-state index in [9.17, 15) is 9.59 Å². The molecule has 0 aromatic carbocycles. The van der Waals surface area contributed by atoms with Crippen molar-refractivity contribution in [2.75, 3.05) is 33.2 Å². The molecule has 1 aliphatic carbocycles. The fourth-order valence-corrected chi connectivity index (χ4v) is 3.88. The first kappa shape index (κ1) is 18.2. The average molecular weight is 324 g/mol. The highest BCUT2D eigenvalue weighted by atomic mass is 16.2. The van der Waals surface area contributed by atoms with Gasteiger partial charge in [-0.2, -0.15) is 0 Å². The predicted octanol–water partition coefficient (Wildman–Crippen LogP) is 0.563. The number of rotatable bonds is 4. The highest BCUT2D eigenvalue weighted by Gasteiger charge is 2.43. The van der Waals surface area contributed by atoms with Crippen molar-refractivity contribution in [2.45, 2.75) is 57.5 Å². The standard InChI is InChI=1S/C17H32N4O2/c1-13(2)15(18)16(23)19-11-14(22)21-10-9-20(3)12-17(21)7-5-4-6-8-17/h13,15H,4-12,18H2,1-3H3,(H,19,23)/t15-/m0/s1. The Labute approximate surface area is 139 Å². The van der Waals surface area contributed by atoms with Crippen LogP contribution in [-0.4, -0.2) is 66.4 Å². The van der Waals surface area contributed by atoms with E-state index in [0.29, 0.717) is 0 Å². The Morgan fingerprint density at radius 1 is 1.17 bits per heavy atom. The van der Waals surface area contributed by atoms with Crippen LogP contribution in [0.3, 0.4) is 0 Å². The maximum Gasteiger partial charge on any atom is 0.242 e. The van der Waals surface area contributed by atoms with Gasteiger partial charge < -0.3 is 20.9 Å². The van der Waals surface area contributed by atoms with Crippen molar-refractivity contribution in [1.82, 2.24) is 15.1 Å². The van der Waals surface area contributed by atoms with Gasteiger partial charge in [0.15, 0.2) is 0 Å². The number of nitrogens with zero attached hydrogens (tertiary/aromatic N) is 2. The first-order chi connectivity index (χ1) is 10.9. The minimum atomic E-state index is -0.557. The SMILES string of the molecule is CC(C)[C@H](N)C(=O)NCC(=O)N1CCN(C)CC12CCCCC2. The number of hydrogen-bond acceptors (Lipinski definition) is 4. The molecule has 1 atom stereocenters. The highest BCUT2D eigenvalue weighted by Crippen LogP contribution is 2.36. The largest absolute Gasteiger partial charge is 0.346 e. The first-order valence-electron chi connectivity index (χ1n) is 8.88. The van der Waals surface area contributed by atoms with Crippen LogP contribution in [0.4, 0.5) is 0 Å². The van der Waals surface area contributed by atoms with Crippen LogP contribution in [0, 0.1) is 5.92 Å². The average Bonchev–Trinajstić information content (AvgIpc) is 2.52. The third-order valence-corrected chi connectivity index (χ3v) is 5.36. The van der Waals surface area contributed by atoms with Crippen LogP contribution in [0.5, 0.6) is 0 Å². The Kier molecular flexibility index (Phi) is 6.03. The van der Waals surface area contributed by atoms with Gasteiger partial charge in [-0.25, -0.2) is 0 Å². The van der Waals surface area contributed by atoms with E-state index in [-0.39, 0.29) is 29.8 Å². The summed E-state index contributed by atoms with van der Waals surface area (Å²) in [4.78, 5) is 29.1. The van der Waals surface area contributed by atoms with Crippen LogP contribution in [0.25, 0.3) is 0 Å². The molecule has 1 spiro atoms. The summed E-state index contributed by atoms with van der Waals surface area (Å²) in [6.07, 6.45) is 5.77. The Hall–Kier alpha value is -1.14. The lowest BCUT2D eigenvalue weighted by molar-refractivity contribution is -0.144. The summed E-state index contributed by atoms with van der Waals surface area (Å²) in [5, 5.41) is 2.73. The van der Waals surface area contributed by atoms with Crippen molar-refractivity contribution >= 4 is 11.8 Å². The summed E-state index contributed by atoms with van der Waals surface area (Å²) in [7, 11) is 2.13. The fraction of sp³-hybridized carbons (Fsp3) is 0.882. The summed E-state index contributed by atoms with van der Waals surface area (Å²) < 4.78 is 0. The van der Waals surface area contributed by atoms with Gasteiger partial charge in [0.1, 0.15) is 0 Å². The molecular formula is C17H32N4O2. The molecule has 0 bridgehead atoms. The molecule has 2 rings (SSSR count). The lowest BCUT2D eigenvalue weighted by atomic mass is 9.78. The molecule has 1 saturated carbocycles. The molecule has 6 nitrogen and oxygen atoms in total. The lowest BCUT2D eigenvalue weighted by Crippen LogP contribution is -2.65. The number of nitrogens with one attached hydrogen (secondary N) is 1. The molecule has 0 aromatic rings. The van der Waals surface area contributed by atoms with E-state index in [4.69, 9.17) is 5.73 Å². The molecule has 6 heteroatoms. The van der Waals surface area contributed by atoms with Crippen LogP contribution < -0.4 is 11.1 Å². The van der Waals surface area contributed by atoms with E-state index in [2.05, 4.69) is 17.3 Å². The van der Waals surface area contributed by atoms with Crippen molar-refractivity contribution in [2.24, 2.45) is 11.7 Å². The van der Waals surface area contributed by atoms with Gasteiger partial charge in [0.05, 0.1) is 18.1 Å². The second-order valence-electron chi connectivity index (χ2n) is 7.56. The maximum absolute atomic E-state index is 12.7. The number of carbonyl (C=O) groups is 2. The molecule has 2 amide bonds. The number of hydrogen-bond donors (Lipinski definition) is 2. The second-order valence-corrected chi connectivity index (χ2v) is 7.56. The smallest absolute Gasteiger partial charge is 0.242 e. The molecule has 2 aliphatic rings. The van der Waals surface area contributed by atoms with E-state index < -0.39 is 6.04 Å². The molecule has 1 heterocycles. The van der Waals surface area contributed by atoms with Crippen molar-refractivity contribution in [3.8, 4) is 0 Å². The highest BCUT2D eigenvalue weighted by molar-refractivity contribution is 5.87. The van der Waals surface area contributed by atoms with Crippen molar-refractivity contribution < 1.29 is 9.59 Å². The summed E-state index contributed by atoms with van der Waals surface area (Å²) in [6, 6.07) is -0.557. The van der Waals surface area contributed by atoms with Gasteiger partial charge >= 0.3 is 0 Å². The number of piperazine rings is 1. The minimum Gasteiger partial charge on any atom is -0.346 e. The zero-order chi connectivity index (χ0) is 17.0. The molecule has 1 aliphatic heterocycles. The van der Waals surface area contributed by atoms with Crippen LogP contribution in [-0.2, 0) is 9.59 Å². The second kappa shape index (κ2) is 7.62. The Morgan fingerprint density at radius 3 is 2.43 bits per heavy atom. The van der Waals surface area contributed by atoms with E-state index in [1.807, 2.05) is 18.7 Å². The van der Waals surface area contributed by atoms with Gasteiger partial charge in [0.2, 0.25) is 11.8 Å². The monoisotopic (exact) mass is 324 g/mol. The Balaban J connectivity index is 1.97. The van der Waals surface area contributed by atoms with E-state index >= 15 is 0 Å². The minimum absolute atomic E-state index is 0.0318. The molecular weight excluding hydrogens is 292 g/mol. The molecule has 132 valence electrons. The molecule has 0 unspecified atom stereocenters. The normalized spacial score (nSPS) is 23.1. The summed E-state index contributed by atoms with van der Waals surface area (Å²) in [6.45, 7) is 6.46. The fourth-order valence-electron chi connectivity index (χ4n) is 3.88. The Bertz CT molecular complexity index is 432. The van der Waals surface area contributed by atoms with Crippen molar-refractivity contribution in [3.05, 3.63) is 0 Å². The third-order valence-electron chi connectivity index (χ3n) is 5.36. The quantitative estimate of drug-likeness (QED) is 0.792. The number of amides is 2. The molecule has 2 fully saturated rings. The summed E-state index contributed by atoms with van der Waals surface area (Å²) in [5.41, 5.74) is 5.80. The molecule has 0 aromatic heterocycles. The van der Waals surface area contributed by atoms with Gasteiger partial charge in [-0.15, -0.1) is 0 Å². The van der Waals surface area contributed by atoms with Crippen LogP contribution in [0.1, 0.15) is 46.0 Å². The number of likely N-dealkylation sites (N-methyl/N-ethyl adjacent to an activating group) is 1. The zero-order valence-corrected chi connectivity index (χ0v) is 14.8. The summed E-state index contributed by atoms with van der Waals surface area (Å²) >= 11 is 0. The van der Waals surface area contributed by atoms with Gasteiger partial charge in [0.25, 0.3) is 0 Å². The van der Waals surface area contributed by atoms with Crippen molar-refractivity contribution in [3.63, 3.8) is 0 Å². The third kappa shape index (κ3) is 4.23. The van der Waals surface area contributed by atoms with Crippen LogP contribution in [0.15, 0.2) is 0 Å². The molecule has 0 radical (unpaired) electrons. The lowest BCUT2D eigenvalue weighted by Gasteiger charge is -2.52. The van der Waals surface area contributed by atoms with Gasteiger partial charge in [0, 0.05) is 19.6 Å². The van der Waals surface area contributed by atoms with Crippen molar-refractivity contribution in [1.29, 1.82) is 0 Å². The van der Waals surface area contributed by atoms with E-state index in [1.54, 1.807) is 0 Å². The topological polar surface area (TPSA) is 78.7 Å². The zero-order valence-electron chi connectivity index (χ0n) is 14.8. The number of carbonyl (C=O) groups excluding carboxylic acids is 2. The van der Waals surface area contributed by atoms with Gasteiger partial charge in [-0.05, 0) is 25.8 Å². The predicted molar refractivity (Wildman–Crippen MR) is 90.8 cm³/mol. The van der Waals surface area contributed by atoms with Gasteiger partial charge in [-0.3, -0.25) is 9.59 Å². The summed E-state index contributed by atoms with van der Waals surface area (Å²) in [5.74, 6) is -0.136. The van der Waals surface area contributed by atoms with Crippen LogP contribution in [0.2, 0.25) is 0 Å². The molecule has 3 N–H and O–H groups in total. The number of nitrogens with two attached hydrogens (primary N) is 1. The van der Waals surface area contributed by atoms with Gasteiger partial charge in [-0.1, -0.05) is 33.1 Å². The van der Waals surface area contributed by atoms with E-state index in [0.717, 1.165) is 32.5 Å². The van der Waals surface area contributed by atoms with Crippen LogP contribution >= 0.6 is 0 Å². The van der Waals surface area contributed by atoms with E-state index in [1.165, 1.54) is 19.3 Å².